The largest absolute Gasteiger partial charge is 2.00 e. The summed E-state index contributed by atoms with van der Waals surface area (Å²) in [5.41, 5.74) is 0. The van der Waals surface area contributed by atoms with Gasteiger partial charge in [-0.25, -0.2) is 0 Å². The fraction of sp³-hybridized carbons (Fsp3) is 0. The van der Waals surface area contributed by atoms with Gasteiger partial charge in [0.1, 0.15) is 0 Å². The van der Waals surface area contributed by atoms with Crippen molar-refractivity contribution in [3.63, 3.8) is 0 Å². The molecular formula is H2BBaCl2O. The van der Waals surface area contributed by atoms with E-state index in [1.165, 1.54) is 0 Å². The zero-order valence-electron chi connectivity index (χ0n) is 4.45. The van der Waals surface area contributed by atoms with Crippen molar-refractivity contribution in [2.24, 2.45) is 0 Å². The minimum absolute atomic E-state index is 0. The van der Waals surface area contributed by atoms with E-state index in [2.05, 4.69) is 27.6 Å². The monoisotopic (exact) mass is 237 g/mol. The van der Waals surface area contributed by atoms with E-state index in [1.807, 2.05) is 0 Å². The fourth-order valence-corrected chi connectivity index (χ4v) is 0. The molecule has 0 aliphatic rings. The molecule has 3 radical (unpaired) electrons. The van der Waals surface area contributed by atoms with Gasteiger partial charge < -0.3 is 2.85 Å². The molecule has 27 valence electrons. The molecule has 0 atom stereocenters. The molecule has 0 saturated heterocycles. The summed E-state index contributed by atoms with van der Waals surface area (Å²) in [5.74, 6) is 0. The SMILES string of the molecule is ClOCl.[B].[Ba+2].[H-].[H-]. The molecule has 0 rings (SSSR count). The first-order valence-electron chi connectivity index (χ1n) is 0.309. The van der Waals surface area contributed by atoms with Gasteiger partial charge in [-0.2, -0.15) is 3.84 Å². The quantitative estimate of drug-likeness (QED) is 0.565. The van der Waals surface area contributed by atoms with E-state index in [-0.39, 0.29) is 60.1 Å². The Hall–Kier alpha value is 2.18. The fourth-order valence-electron chi connectivity index (χ4n) is 0. The van der Waals surface area contributed by atoms with Gasteiger partial charge in [0.05, 0.1) is 23.7 Å². The van der Waals surface area contributed by atoms with E-state index in [4.69, 9.17) is 0 Å². The molecule has 0 aromatic rings. The third-order valence-electron chi connectivity index (χ3n) is 0. The Balaban J connectivity index is -0.00000000333. The van der Waals surface area contributed by atoms with Crippen LogP contribution < -0.4 is 0 Å². The molecule has 0 N–H and O–H groups in total. The number of rotatable bonds is 0. The summed E-state index contributed by atoms with van der Waals surface area (Å²) in [7, 11) is 0. The van der Waals surface area contributed by atoms with Crippen LogP contribution in [0.5, 0.6) is 0 Å². The van der Waals surface area contributed by atoms with Crippen LogP contribution >= 0.6 is 23.7 Å². The van der Waals surface area contributed by atoms with Gasteiger partial charge in [-0.05, 0) is 0 Å². The standard InChI is InChI=1S/B.Ba.Cl2O.2H/c;;1-3-2;;/q;+2;;2*-1. The first-order chi connectivity index (χ1) is 1.41. The Kier molecular flexibility index (Phi) is 51.5. The molecule has 0 aliphatic heterocycles. The maximum atomic E-state index is 4.26. The van der Waals surface area contributed by atoms with Gasteiger partial charge >= 0.3 is 48.9 Å². The van der Waals surface area contributed by atoms with Crippen LogP contribution in [0, 0.1) is 0 Å². The molecule has 5 heavy (non-hydrogen) atoms. The predicted octanol–water partition coefficient (Wildman–Crippen LogP) is 0.774. The van der Waals surface area contributed by atoms with Crippen LogP contribution in [0.15, 0.2) is 0 Å². The molecule has 0 amide bonds. The van der Waals surface area contributed by atoms with Crippen molar-refractivity contribution in [3.8, 4) is 0 Å². The van der Waals surface area contributed by atoms with Crippen molar-refractivity contribution in [2.75, 3.05) is 0 Å². The average molecular weight is 237 g/mol. The van der Waals surface area contributed by atoms with E-state index >= 15 is 0 Å². The van der Waals surface area contributed by atoms with Gasteiger partial charge in [0.2, 0.25) is 0 Å². The molecule has 0 aromatic carbocycles. The first-order valence-corrected chi connectivity index (χ1v) is 0.926. The molecule has 0 spiro atoms. The maximum absolute atomic E-state index is 4.26. The number of hydrogen-bond donors (Lipinski definition) is 0. The number of hydrogen-bond acceptors (Lipinski definition) is 1. The second-order valence-corrected chi connectivity index (χ2v) is 0.525. The molecule has 0 fully saturated rings. The summed E-state index contributed by atoms with van der Waals surface area (Å²) in [6.45, 7) is 0. The van der Waals surface area contributed by atoms with E-state index in [9.17, 15) is 0 Å². The number of halogens is 2. The Morgan fingerprint density at radius 1 is 1.40 bits per heavy atom. The third kappa shape index (κ3) is 22.7. The molecule has 0 bridgehead atoms. The summed E-state index contributed by atoms with van der Waals surface area (Å²) >= 11 is 8.53. The topological polar surface area (TPSA) is 9.23 Å². The Morgan fingerprint density at radius 3 is 1.40 bits per heavy atom. The first kappa shape index (κ1) is 15.7. The van der Waals surface area contributed by atoms with Gasteiger partial charge in [-0.3, -0.25) is 0 Å². The van der Waals surface area contributed by atoms with Gasteiger partial charge in [-0.1, -0.05) is 0 Å². The molecule has 0 aliphatic carbocycles. The van der Waals surface area contributed by atoms with Crippen molar-refractivity contribution in [3.05, 3.63) is 0 Å². The minimum Gasteiger partial charge on any atom is -1.00 e. The van der Waals surface area contributed by atoms with Crippen molar-refractivity contribution in [2.45, 2.75) is 0 Å². The Morgan fingerprint density at radius 2 is 1.40 bits per heavy atom. The predicted molar refractivity (Wildman–Crippen MR) is 26.5 cm³/mol. The summed E-state index contributed by atoms with van der Waals surface area (Å²) in [4.78, 5) is 0. The van der Waals surface area contributed by atoms with E-state index in [0.717, 1.165) is 0 Å². The molecule has 0 heterocycles. The second-order valence-electron chi connectivity index (χ2n) is 0.0583. The molecule has 1 nitrogen and oxygen atoms in total. The van der Waals surface area contributed by atoms with Crippen molar-refractivity contribution in [1.82, 2.24) is 0 Å². The maximum Gasteiger partial charge on any atom is 2.00 e. The van der Waals surface area contributed by atoms with Gasteiger partial charge in [0.15, 0.2) is 0 Å². The normalized spacial score (nSPS) is 3.60. The molecule has 5 heteroatoms. The Bertz CT molecular complexity index is 15.7. The van der Waals surface area contributed by atoms with Crippen LogP contribution in [-0.4, -0.2) is 57.3 Å². The van der Waals surface area contributed by atoms with E-state index in [0.29, 0.717) is 0 Å². The second kappa shape index (κ2) is 16.4. The summed E-state index contributed by atoms with van der Waals surface area (Å²) in [6.07, 6.45) is 0. The molecule has 0 unspecified atom stereocenters. The zero-order chi connectivity index (χ0) is 2.71. The van der Waals surface area contributed by atoms with E-state index < -0.39 is 0 Å². The van der Waals surface area contributed by atoms with Crippen molar-refractivity contribution < 1.29 is 6.70 Å². The van der Waals surface area contributed by atoms with Crippen LogP contribution in [0.4, 0.5) is 0 Å². The third-order valence-corrected chi connectivity index (χ3v) is 0. The van der Waals surface area contributed by atoms with Crippen molar-refractivity contribution in [1.29, 1.82) is 0 Å². The van der Waals surface area contributed by atoms with Crippen LogP contribution in [0.25, 0.3) is 0 Å². The Labute approximate surface area is 86.3 Å². The van der Waals surface area contributed by atoms with Crippen LogP contribution in [-0.2, 0) is 3.84 Å². The summed E-state index contributed by atoms with van der Waals surface area (Å²) in [6, 6.07) is 0. The summed E-state index contributed by atoms with van der Waals surface area (Å²) < 4.78 is 3.19. The molecular weight excluding hydrogens is 235 g/mol. The van der Waals surface area contributed by atoms with Gasteiger partial charge in [-0.15, -0.1) is 0 Å². The minimum atomic E-state index is 0. The smallest absolute Gasteiger partial charge is 1.00 e. The van der Waals surface area contributed by atoms with Gasteiger partial charge in [0, 0.05) is 8.41 Å². The molecule has 0 aromatic heterocycles. The van der Waals surface area contributed by atoms with Crippen LogP contribution in [0.1, 0.15) is 2.85 Å². The average Bonchev–Trinajstić information content (AvgIpc) is 0.918. The zero-order valence-corrected chi connectivity index (χ0v) is 8.40. The van der Waals surface area contributed by atoms with Crippen LogP contribution in [0.3, 0.4) is 0 Å². The van der Waals surface area contributed by atoms with Crippen LogP contribution in [0.2, 0.25) is 0 Å². The van der Waals surface area contributed by atoms with Gasteiger partial charge in [0.25, 0.3) is 0 Å². The van der Waals surface area contributed by atoms with Crippen molar-refractivity contribution >= 4 is 81.0 Å². The van der Waals surface area contributed by atoms with E-state index in [1.54, 1.807) is 0 Å². The summed E-state index contributed by atoms with van der Waals surface area (Å²) in [5, 5.41) is 0. The molecule has 0 saturated carbocycles.